The second-order valence-corrected chi connectivity index (χ2v) is 9.22. The Morgan fingerprint density at radius 1 is 1.23 bits per heavy atom. The third-order valence-electron chi connectivity index (χ3n) is 5.02. The molecule has 0 aromatic heterocycles. The molecule has 3 rings (SSSR count). The van der Waals surface area contributed by atoms with Crippen LogP contribution in [0.3, 0.4) is 0 Å². The average molecular weight is 321 g/mol. The van der Waals surface area contributed by atoms with Crippen LogP contribution in [0.1, 0.15) is 30.4 Å². The summed E-state index contributed by atoms with van der Waals surface area (Å²) in [5.41, 5.74) is 2.36. The van der Waals surface area contributed by atoms with Gasteiger partial charge in [-0.1, -0.05) is 24.3 Å². The minimum absolute atomic E-state index is 0.0824. The lowest BCUT2D eigenvalue weighted by Gasteiger charge is -2.26. The monoisotopic (exact) mass is 321 g/mol. The standard InChI is InChI=1S/C17H23NO3S/c1-18(15-9-13-5-3-4-6-14(13)10-15)16(19)11-17(7-8-17)12-22(2,20)21/h3-6,15H,7-12H2,1-2H3. The summed E-state index contributed by atoms with van der Waals surface area (Å²) in [6.07, 6.45) is 5.13. The molecule has 1 fully saturated rings. The van der Waals surface area contributed by atoms with Crippen LogP contribution in [-0.2, 0) is 27.5 Å². The summed E-state index contributed by atoms with van der Waals surface area (Å²) in [7, 11) is -1.17. The molecule has 5 heteroatoms. The van der Waals surface area contributed by atoms with Crippen molar-refractivity contribution in [1.29, 1.82) is 0 Å². The van der Waals surface area contributed by atoms with Gasteiger partial charge in [-0.3, -0.25) is 4.79 Å². The van der Waals surface area contributed by atoms with Crippen molar-refractivity contribution in [2.75, 3.05) is 19.1 Å². The Labute approximate surface area is 132 Å². The maximum atomic E-state index is 12.6. The predicted molar refractivity (Wildman–Crippen MR) is 86.4 cm³/mol. The number of carbonyl (C=O) groups excluding carboxylic acids is 1. The maximum Gasteiger partial charge on any atom is 0.223 e. The van der Waals surface area contributed by atoms with Crippen molar-refractivity contribution in [3.63, 3.8) is 0 Å². The Balaban J connectivity index is 1.62. The zero-order valence-corrected chi connectivity index (χ0v) is 14.0. The smallest absolute Gasteiger partial charge is 0.223 e. The van der Waals surface area contributed by atoms with E-state index in [1.165, 1.54) is 17.4 Å². The van der Waals surface area contributed by atoms with Gasteiger partial charge < -0.3 is 4.90 Å². The lowest BCUT2D eigenvalue weighted by Crippen LogP contribution is -2.39. The Morgan fingerprint density at radius 2 is 1.77 bits per heavy atom. The molecular weight excluding hydrogens is 298 g/mol. The summed E-state index contributed by atoms with van der Waals surface area (Å²) < 4.78 is 23.0. The SMILES string of the molecule is CN(C(=O)CC1(CS(C)(=O)=O)CC1)C1Cc2ccccc2C1. The van der Waals surface area contributed by atoms with Gasteiger partial charge in [0.15, 0.2) is 0 Å². The number of amides is 1. The second-order valence-electron chi connectivity index (χ2n) is 7.08. The van der Waals surface area contributed by atoms with Crippen LogP contribution in [0.4, 0.5) is 0 Å². The molecule has 0 radical (unpaired) electrons. The van der Waals surface area contributed by atoms with Gasteiger partial charge in [0.25, 0.3) is 0 Å². The van der Waals surface area contributed by atoms with Crippen LogP contribution < -0.4 is 0 Å². The molecule has 4 nitrogen and oxygen atoms in total. The first-order chi connectivity index (χ1) is 10.3. The van der Waals surface area contributed by atoms with Crippen LogP contribution in [0, 0.1) is 5.41 Å². The fourth-order valence-electron chi connectivity index (χ4n) is 3.56. The molecule has 0 atom stereocenters. The van der Waals surface area contributed by atoms with Gasteiger partial charge in [-0.05, 0) is 42.2 Å². The summed E-state index contributed by atoms with van der Waals surface area (Å²) in [5.74, 6) is 0.226. The van der Waals surface area contributed by atoms with Gasteiger partial charge >= 0.3 is 0 Å². The lowest BCUT2D eigenvalue weighted by molar-refractivity contribution is -0.132. The van der Waals surface area contributed by atoms with Crippen molar-refractivity contribution in [2.45, 2.75) is 38.1 Å². The molecule has 1 amide bonds. The predicted octanol–water partition coefficient (Wildman–Crippen LogP) is 1.83. The first kappa shape index (κ1) is 15.5. The van der Waals surface area contributed by atoms with Gasteiger partial charge in [-0.25, -0.2) is 8.42 Å². The highest BCUT2D eigenvalue weighted by Gasteiger charge is 2.47. The van der Waals surface area contributed by atoms with Crippen LogP contribution in [0.2, 0.25) is 0 Å². The van der Waals surface area contributed by atoms with E-state index in [1.807, 2.05) is 24.1 Å². The van der Waals surface area contributed by atoms with E-state index in [0.717, 1.165) is 25.7 Å². The third-order valence-corrected chi connectivity index (χ3v) is 6.16. The van der Waals surface area contributed by atoms with E-state index in [9.17, 15) is 13.2 Å². The van der Waals surface area contributed by atoms with Gasteiger partial charge in [0.05, 0.1) is 5.75 Å². The molecule has 0 heterocycles. The number of hydrogen-bond acceptors (Lipinski definition) is 3. The van der Waals surface area contributed by atoms with E-state index >= 15 is 0 Å². The van der Waals surface area contributed by atoms with Crippen LogP contribution in [-0.4, -0.2) is 44.3 Å². The molecule has 0 unspecified atom stereocenters. The summed E-state index contributed by atoms with van der Waals surface area (Å²) in [4.78, 5) is 14.4. The number of sulfone groups is 1. The summed E-state index contributed by atoms with van der Waals surface area (Å²) in [6, 6.07) is 8.53. The van der Waals surface area contributed by atoms with Gasteiger partial charge in [-0.15, -0.1) is 0 Å². The van der Waals surface area contributed by atoms with Gasteiger partial charge in [0.1, 0.15) is 9.84 Å². The number of carbonyl (C=O) groups is 1. The zero-order chi connectivity index (χ0) is 16.0. The van der Waals surface area contributed by atoms with Crippen molar-refractivity contribution in [2.24, 2.45) is 5.41 Å². The molecule has 120 valence electrons. The highest BCUT2D eigenvalue weighted by Crippen LogP contribution is 2.50. The van der Waals surface area contributed by atoms with E-state index in [2.05, 4.69) is 12.1 Å². The first-order valence-corrected chi connectivity index (χ1v) is 9.84. The molecule has 22 heavy (non-hydrogen) atoms. The van der Waals surface area contributed by atoms with Crippen molar-refractivity contribution < 1.29 is 13.2 Å². The maximum absolute atomic E-state index is 12.6. The molecule has 1 aromatic rings. The summed E-state index contributed by atoms with van der Waals surface area (Å²) in [5, 5.41) is 0. The Morgan fingerprint density at radius 3 is 2.23 bits per heavy atom. The Kier molecular flexibility index (Phi) is 3.79. The quantitative estimate of drug-likeness (QED) is 0.831. The van der Waals surface area contributed by atoms with Gasteiger partial charge in [0, 0.05) is 25.8 Å². The molecule has 1 saturated carbocycles. The minimum Gasteiger partial charge on any atom is -0.342 e. The van der Waals surface area contributed by atoms with Crippen LogP contribution in [0.15, 0.2) is 24.3 Å². The topological polar surface area (TPSA) is 54.5 Å². The van der Waals surface area contributed by atoms with Crippen molar-refractivity contribution in [3.8, 4) is 0 Å². The normalized spacial score (nSPS) is 19.7. The van der Waals surface area contributed by atoms with Crippen molar-refractivity contribution in [3.05, 3.63) is 35.4 Å². The van der Waals surface area contributed by atoms with Crippen molar-refractivity contribution >= 4 is 15.7 Å². The molecule has 2 aliphatic carbocycles. The molecule has 1 aromatic carbocycles. The lowest BCUT2D eigenvalue weighted by atomic mass is 10.0. The number of rotatable bonds is 5. The summed E-state index contributed by atoms with van der Waals surface area (Å²) >= 11 is 0. The zero-order valence-electron chi connectivity index (χ0n) is 13.2. The fourth-order valence-corrected chi connectivity index (χ4v) is 5.07. The number of nitrogens with zero attached hydrogens (tertiary/aromatic N) is 1. The second kappa shape index (κ2) is 5.37. The van der Waals surface area contributed by atoms with Crippen LogP contribution in [0.5, 0.6) is 0 Å². The van der Waals surface area contributed by atoms with E-state index < -0.39 is 9.84 Å². The first-order valence-electron chi connectivity index (χ1n) is 7.78. The molecule has 0 N–H and O–H groups in total. The number of fused-ring (bicyclic) bond motifs is 1. The Hall–Kier alpha value is -1.36. The van der Waals surface area contributed by atoms with Crippen molar-refractivity contribution in [1.82, 2.24) is 4.90 Å². The third kappa shape index (κ3) is 3.35. The minimum atomic E-state index is -3.02. The number of likely N-dealkylation sites (N-methyl/N-ethyl adjacent to an activating group) is 1. The molecule has 0 aliphatic heterocycles. The average Bonchev–Trinajstić information content (AvgIpc) is 3.02. The number of benzene rings is 1. The molecule has 0 spiro atoms. The van der Waals surface area contributed by atoms with E-state index in [-0.39, 0.29) is 23.1 Å². The number of hydrogen-bond donors (Lipinski definition) is 0. The van der Waals surface area contributed by atoms with E-state index in [0.29, 0.717) is 6.42 Å². The molecule has 0 bridgehead atoms. The molecular formula is C17H23NO3S. The Bertz CT molecular complexity index is 667. The van der Waals surface area contributed by atoms with Crippen LogP contribution in [0.25, 0.3) is 0 Å². The van der Waals surface area contributed by atoms with Crippen LogP contribution >= 0.6 is 0 Å². The fraction of sp³-hybridized carbons (Fsp3) is 0.588. The van der Waals surface area contributed by atoms with Gasteiger partial charge in [0.2, 0.25) is 5.91 Å². The van der Waals surface area contributed by atoms with E-state index in [1.54, 1.807) is 0 Å². The summed E-state index contributed by atoms with van der Waals surface area (Å²) in [6.45, 7) is 0. The molecule has 0 saturated heterocycles. The van der Waals surface area contributed by atoms with E-state index in [4.69, 9.17) is 0 Å². The highest BCUT2D eigenvalue weighted by molar-refractivity contribution is 7.90. The highest BCUT2D eigenvalue weighted by atomic mass is 32.2. The largest absolute Gasteiger partial charge is 0.342 e. The molecule has 2 aliphatic rings. The van der Waals surface area contributed by atoms with Gasteiger partial charge in [-0.2, -0.15) is 0 Å².